The maximum Gasteiger partial charge on any atom is 0.231 e. The van der Waals surface area contributed by atoms with E-state index in [1.807, 2.05) is 7.05 Å². The Morgan fingerprint density at radius 3 is 2.62 bits per heavy atom. The maximum atomic E-state index is 5.84. The molecule has 1 aromatic heterocycles. The number of hydrogen-bond acceptors (Lipinski definition) is 5. The zero-order chi connectivity index (χ0) is 11.7. The van der Waals surface area contributed by atoms with E-state index >= 15 is 0 Å². The molecule has 1 aliphatic carbocycles. The first kappa shape index (κ1) is 11.4. The number of nitrogens with zero attached hydrogens (tertiary/aromatic N) is 4. The molecule has 0 aromatic carbocycles. The van der Waals surface area contributed by atoms with Gasteiger partial charge in [-0.3, -0.25) is 0 Å². The molecule has 5 nitrogen and oxygen atoms in total. The molecule has 0 radical (unpaired) electrons. The Morgan fingerprint density at radius 2 is 2.06 bits per heavy atom. The summed E-state index contributed by atoms with van der Waals surface area (Å²) >= 11 is 5.84. The zero-order valence-electron chi connectivity index (χ0n) is 9.74. The highest BCUT2D eigenvalue weighted by Crippen LogP contribution is 2.35. The molecule has 1 saturated carbocycles. The highest BCUT2D eigenvalue weighted by Gasteiger charge is 2.31. The lowest BCUT2D eigenvalue weighted by Crippen LogP contribution is -2.32. The molecular formula is C10H16ClN5. The number of hydrogen-bond donors (Lipinski definition) is 1. The average Bonchev–Trinajstić information content (AvgIpc) is 3.10. The monoisotopic (exact) mass is 241 g/mol. The van der Waals surface area contributed by atoms with Gasteiger partial charge in [0.25, 0.3) is 0 Å². The van der Waals surface area contributed by atoms with E-state index in [9.17, 15) is 0 Å². The third kappa shape index (κ3) is 2.35. The molecule has 2 rings (SSSR count). The number of aromatic nitrogens is 3. The van der Waals surface area contributed by atoms with Gasteiger partial charge in [0.2, 0.25) is 17.2 Å². The van der Waals surface area contributed by atoms with Gasteiger partial charge in [-0.25, -0.2) is 0 Å². The lowest BCUT2D eigenvalue weighted by Gasteiger charge is -2.24. The molecular weight excluding hydrogens is 226 g/mol. The lowest BCUT2D eigenvalue weighted by atomic mass is 10.2. The first-order valence-corrected chi connectivity index (χ1v) is 5.81. The van der Waals surface area contributed by atoms with E-state index in [0.717, 1.165) is 5.92 Å². The fraction of sp³-hybridized carbons (Fsp3) is 0.700. The molecule has 0 amide bonds. The van der Waals surface area contributed by atoms with Gasteiger partial charge in [0.05, 0.1) is 0 Å². The van der Waals surface area contributed by atoms with Crippen LogP contribution in [-0.4, -0.2) is 35.1 Å². The van der Waals surface area contributed by atoms with Gasteiger partial charge in [-0.2, -0.15) is 15.0 Å². The Morgan fingerprint density at radius 1 is 1.38 bits per heavy atom. The summed E-state index contributed by atoms with van der Waals surface area (Å²) in [4.78, 5) is 14.5. The Labute approximate surface area is 100 Å². The number of anilines is 2. The first-order chi connectivity index (χ1) is 7.61. The van der Waals surface area contributed by atoms with Gasteiger partial charge >= 0.3 is 0 Å². The van der Waals surface area contributed by atoms with E-state index < -0.39 is 0 Å². The number of halogens is 1. The van der Waals surface area contributed by atoms with Crippen LogP contribution in [-0.2, 0) is 0 Å². The normalized spacial score (nSPS) is 17.0. The molecule has 1 atom stereocenters. The fourth-order valence-electron chi connectivity index (χ4n) is 1.69. The van der Waals surface area contributed by atoms with Gasteiger partial charge in [0, 0.05) is 20.1 Å². The van der Waals surface area contributed by atoms with Gasteiger partial charge in [0.15, 0.2) is 0 Å². The van der Waals surface area contributed by atoms with Gasteiger partial charge in [0.1, 0.15) is 0 Å². The minimum absolute atomic E-state index is 0.226. The lowest BCUT2D eigenvalue weighted by molar-refractivity contribution is 0.597. The van der Waals surface area contributed by atoms with Crippen molar-refractivity contribution < 1.29 is 0 Å². The second kappa shape index (κ2) is 4.41. The van der Waals surface area contributed by atoms with Crippen LogP contribution >= 0.6 is 11.6 Å². The van der Waals surface area contributed by atoms with E-state index in [0.29, 0.717) is 17.9 Å². The molecule has 16 heavy (non-hydrogen) atoms. The highest BCUT2D eigenvalue weighted by molar-refractivity contribution is 6.28. The van der Waals surface area contributed by atoms with Crippen LogP contribution in [0.2, 0.25) is 5.28 Å². The van der Waals surface area contributed by atoms with Crippen LogP contribution in [0.25, 0.3) is 0 Å². The van der Waals surface area contributed by atoms with Crippen molar-refractivity contribution in [1.29, 1.82) is 0 Å². The predicted octanol–water partition coefficient (Wildman–Crippen LogP) is 1.80. The molecule has 0 spiro atoms. The van der Waals surface area contributed by atoms with Crippen molar-refractivity contribution in [3.63, 3.8) is 0 Å². The van der Waals surface area contributed by atoms with Crippen LogP contribution in [0.1, 0.15) is 19.8 Å². The molecule has 6 heteroatoms. The molecule has 1 aromatic rings. The molecule has 0 bridgehead atoms. The van der Waals surface area contributed by atoms with Crippen molar-refractivity contribution in [3.8, 4) is 0 Å². The average molecular weight is 242 g/mol. The number of rotatable bonds is 4. The van der Waals surface area contributed by atoms with Crippen LogP contribution in [0.3, 0.4) is 0 Å². The minimum Gasteiger partial charge on any atom is -0.357 e. The van der Waals surface area contributed by atoms with Crippen molar-refractivity contribution in [1.82, 2.24) is 15.0 Å². The van der Waals surface area contributed by atoms with E-state index in [4.69, 9.17) is 11.6 Å². The fourth-order valence-corrected chi connectivity index (χ4v) is 1.84. The molecule has 1 unspecified atom stereocenters. The van der Waals surface area contributed by atoms with E-state index in [2.05, 4.69) is 32.1 Å². The minimum atomic E-state index is 0.226. The van der Waals surface area contributed by atoms with Gasteiger partial charge < -0.3 is 10.2 Å². The molecule has 88 valence electrons. The van der Waals surface area contributed by atoms with Crippen LogP contribution in [0.5, 0.6) is 0 Å². The van der Waals surface area contributed by atoms with Crippen molar-refractivity contribution >= 4 is 23.5 Å². The zero-order valence-corrected chi connectivity index (χ0v) is 10.5. The van der Waals surface area contributed by atoms with E-state index in [-0.39, 0.29) is 5.28 Å². The summed E-state index contributed by atoms with van der Waals surface area (Å²) in [6.45, 7) is 2.19. The Bertz CT molecular complexity index is 379. The summed E-state index contributed by atoms with van der Waals surface area (Å²) < 4.78 is 0. The summed E-state index contributed by atoms with van der Waals surface area (Å²) in [5, 5.41) is 3.10. The summed E-state index contributed by atoms with van der Waals surface area (Å²) in [6.07, 6.45) is 2.59. The van der Waals surface area contributed by atoms with Crippen LogP contribution < -0.4 is 10.2 Å². The summed E-state index contributed by atoms with van der Waals surface area (Å²) in [7, 11) is 3.76. The Hall–Kier alpha value is -1.10. The molecule has 1 heterocycles. The smallest absolute Gasteiger partial charge is 0.231 e. The van der Waals surface area contributed by atoms with Crippen LogP contribution in [0.15, 0.2) is 0 Å². The van der Waals surface area contributed by atoms with Gasteiger partial charge in [-0.05, 0) is 37.3 Å². The van der Waals surface area contributed by atoms with E-state index in [1.165, 1.54) is 12.8 Å². The summed E-state index contributed by atoms with van der Waals surface area (Å²) in [5.74, 6) is 1.90. The predicted molar refractivity (Wildman–Crippen MR) is 65.0 cm³/mol. The first-order valence-electron chi connectivity index (χ1n) is 5.44. The van der Waals surface area contributed by atoms with Crippen molar-refractivity contribution in [2.75, 3.05) is 24.3 Å². The molecule has 1 aliphatic rings. The standard InChI is InChI=1S/C10H16ClN5/c1-6(7-4-5-7)16(3)10-14-8(11)13-9(12-2)15-10/h6-7H,4-5H2,1-3H3,(H,12,13,14,15). The molecule has 0 aliphatic heterocycles. The second-order valence-corrected chi connectivity index (χ2v) is 4.51. The topological polar surface area (TPSA) is 53.9 Å². The van der Waals surface area contributed by atoms with Gasteiger partial charge in [-0.15, -0.1) is 0 Å². The van der Waals surface area contributed by atoms with Crippen molar-refractivity contribution in [2.24, 2.45) is 5.92 Å². The quantitative estimate of drug-likeness (QED) is 0.871. The SMILES string of the molecule is CNc1nc(Cl)nc(N(C)C(C)C2CC2)n1. The largest absolute Gasteiger partial charge is 0.357 e. The second-order valence-electron chi connectivity index (χ2n) is 4.17. The van der Waals surface area contributed by atoms with E-state index in [1.54, 1.807) is 7.05 Å². The third-order valence-electron chi connectivity index (χ3n) is 3.05. The Kier molecular flexibility index (Phi) is 3.14. The Balaban J connectivity index is 2.20. The number of nitrogens with one attached hydrogen (secondary N) is 1. The maximum absolute atomic E-state index is 5.84. The van der Waals surface area contributed by atoms with Crippen LogP contribution in [0.4, 0.5) is 11.9 Å². The summed E-state index contributed by atoms with van der Waals surface area (Å²) in [6, 6.07) is 0.447. The molecule has 0 saturated heterocycles. The van der Waals surface area contributed by atoms with Crippen molar-refractivity contribution in [2.45, 2.75) is 25.8 Å². The summed E-state index contributed by atoms with van der Waals surface area (Å²) in [5.41, 5.74) is 0. The van der Waals surface area contributed by atoms with Gasteiger partial charge in [-0.1, -0.05) is 0 Å². The highest BCUT2D eigenvalue weighted by atomic mass is 35.5. The molecule has 1 fully saturated rings. The van der Waals surface area contributed by atoms with Crippen molar-refractivity contribution in [3.05, 3.63) is 5.28 Å². The molecule has 1 N–H and O–H groups in total. The van der Waals surface area contributed by atoms with Crippen LogP contribution in [0, 0.1) is 5.92 Å². The third-order valence-corrected chi connectivity index (χ3v) is 3.22.